The number of carbonyl (C=O) groups is 1. The number of morpholine rings is 1. The standard InChI is InChI=1S/C15H21NO2/c1-11(2)12-4-6-13(7-5-12)15(17)14-10-16(3)8-9-18-14/h4-7,11,14H,8-10H2,1-3H3. The number of hydrogen-bond donors (Lipinski definition) is 0. The van der Waals surface area contributed by atoms with Crippen LogP contribution < -0.4 is 0 Å². The minimum atomic E-state index is -0.311. The normalized spacial score (nSPS) is 21.2. The monoisotopic (exact) mass is 247 g/mol. The molecule has 0 amide bonds. The highest BCUT2D eigenvalue weighted by atomic mass is 16.5. The number of benzene rings is 1. The highest BCUT2D eigenvalue weighted by Gasteiger charge is 2.25. The minimum absolute atomic E-state index is 0.0943. The maximum absolute atomic E-state index is 12.3. The van der Waals surface area contributed by atoms with Crippen molar-refractivity contribution >= 4 is 5.78 Å². The first-order valence-electron chi connectivity index (χ1n) is 6.52. The predicted octanol–water partition coefficient (Wildman–Crippen LogP) is 2.32. The van der Waals surface area contributed by atoms with Crippen LogP contribution in [0.25, 0.3) is 0 Å². The molecule has 1 aliphatic heterocycles. The SMILES string of the molecule is CC(C)c1ccc(C(=O)C2CN(C)CCO2)cc1. The van der Waals surface area contributed by atoms with Crippen LogP contribution >= 0.6 is 0 Å². The van der Waals surface area contributed by atoms with Crippen LogP contribution in [0.4, 0.5) is 0 Å². The zero-order chi connectivity index (χ0) is 13.1. The third-order valence-electron chi connectivity index (χ3n) is 3.42. The van der Waals surface area contributed by atoms with Gasteiger partial charge in [-0.1, -0.05) is 38.1 Å². The van der Waals surface area contributed by atoms with Crippen molar-refractivity contribution in [3.63, 3.8) is 0 Å². The van der Waals surface area contributed by atoms with Crippen molar-refractivity contribution in [1.82, 2.24) is 4.90 Å². The fourth-order valence-electron chi connectivity index (χ4n) is 2.15. The molecule has 0 spiro atoms. The molecule has 1 saturated heterocycles. The number of Topliss-reactive ketones (excluding diaryl/α,β-unsaturated/α-hetero) is 1. The Hall–Kier alpha value is -1.19. The Morgan fingerprint density at radius 1 is 1.33 bits per heavy atom. The summed E-state index contributed by atoms with van der Waals surface area (Å²) in [6.45, 7) is 6.52. The molecule has 3 heteroatoms. The molecule has 1 unspecified atom stereocenters. The first kappa shape index (κ1) is 13.2. The molecule has 1 atom stereocenters. The smallest absolute Gasteiger partial charge is 0.192 e. The van der Waals surface area contributed by atoms with Crippen LogP contribution in [0.1, 0.15) is 35.7 Å². The van der Waals surface area contributed by atoms with Crippen molar-refractivity contribution in [2.24, 2.45) is 0 Å². The van der Waals surface area contributed by atoms with Gasteiger partial charge < -0.3 is 9.64 Å². The minimum Gasteiger partial charge on any atom is -0.367 e. The third kappa shape index (κ3) is 2.98. The molecule has 3 nitrogen and oxygen atoms in total. The van der Waals surface area contributed by atoms with Crippen molar-refractivity contribution in [3.05, 3.63) is 35.4 Å². The Balaban J connectivity index is 2.08. The Labute approximate surface area is 109 Å². The summed E-state index contributed by atoms with van der Waals surface area (Å²) in [6.07, 6.45) is -0.311. The molecule has 1 aromatic rings. The van der Waals surface area contributed by atoms with Crippen LogP contribution in [0.3, 0.4) is 0 Å². The van der Waals surface area contributed by atoms with Crippen LogP contribution in [0.5, 0.6) is 0 Å². The van der Waals surface area contributed by atoms with Crippen molar-refractivity contribution in [2.45, 2.75) is 25.9 Å². The first-order valence-corrected chi connectivity index (χ1v) is 6.52. The molecular formula is C15H21NO2. The van der Waals surface area contributed by atoms with E-state index >= 15 is 0 Å². The summed E-state index contributed by atoms with van der Waals surface area (Å²) in [7, 11) is 2.02. The molecule has 1 aliphatic rings. The van der Waals surface area contributed by atoms with Gasteiger partial charge in [-0.25, -0.2) is 0 Å². The van der Waals surface area contributed by atoms with E-state index in [1.807, 2.05) is 31.3 Å². The lowest BCUT2D eigenvalue weighted by Crippen LogP contribution is -2.44. The highest BCUT2D eigenvalue weighted by molar-refractivity contribution is 5.99. The van der Waals surface area contributed by atoms with Gasteiger partial charge in [0.2, 0.25) is 0 Å². The van der Waals surface area contributed by atoms with Crippen molar-refractivity contribution in [2.75, 3.05) is 26.7 Å². The lowest BCUT2D eigenvalue weighted by molar-refractivity contribution is -0.00862. The van der Waals surface area contributed by atoms with Gasteiger partial charge in [-0.15, -0.1) is 0 Å². The molecule has 2 rings (SSSR count). The van der Waals surface area contributed by atoms with Crippen LogP contribution in [-0.4, -0.2) is 43.5 Å². The van der Waals surface area contributed by atoms with Gasteiger partial charge in [0.05, 0.1) is 6.61 Å². The van der Waals surface area contributed by atoms with E-state index in [4.69, 9.17) is 4.74 Å². The van der Waals surface area contributed by atoms with Gasteiger partial charge in [0.15, 0.2) is 5.78 Å². The van der Waals surface area contributed by atoms with Gasteiger partial charge in [0.25, 0.3) is 0 Å². The van der Waals surface area contributed by atoms with E-state index in [9.17, 15) is 4.79 Å². The van der Waals surface area contributed by atoms with E-state index in [1.165, 1.54) is 5.56 Å². The molecule has 0 aromatic heterocycles. The van der Waals surface area contributed by atoms with Gasteiger partial charge in [-0.2, -0.15) is 0 Å². The second-order valence-corrected chi connectivity index (χ2v) is 5.26. The molecule has 98 valence electrons. The second-order valence-electron chi connectivity index (χ2n) is 5.26. The molecule has 0 radical (unpaired) electrons. The molecule has 1 aromatic carbocycles. The summed E-state index contributed by atoms with van der Waals surface area (Å²) in [4.78, 5) is 14.4. The number of likely N-dealkylation sites (N-methyl/N-ethyl adjacent to an activating group) is 1. The largest absolute Gasteiger partial charge is 0.367 e. The van der Waals surface area contributed by atoms with E-state index < -0.39 is 0 Å². The van der Waals surface area contributed by atoms with Gasteiger partial charge in [-0.05, 0) is 18.5 Å². The Morgan fingerprint density at radius 2 is 2.00 bits per heavy atom. The van der Waals surface area contributed by atoms with E-state index in [0.29, 0.717) is 19.1 Å². The molecule has 0 N–H and O–H groups in total. The molecular weight excluding hydrogens is 226 g/mol. The predicted molar refractivity (Wildman–Crippen MR) is 72.1 cm³/mol. The van der Waals surface area contributed by atoms with Crippen LogP contribution in [-0.2, 0) is 4.74 Å². The van der Waals surface area contributed by atoms with Gasteiger partial charge in [0, 0.05) is 18.7 Å². The molecule has 1 fully saturated rings. The van der Waals surface area contributed by atoms with E-state index in [-0.39, 0.29) is 11.9 Å². The zero-order valence-electron chi connectivity index (χ0n) is 11.3. The molecule has 0 saturated carbocycles. The van der Waals surface area contributed by atoms with Gasteiger partial charge >= 0.3 is 0 Å². The fourth-order valence-corrected chi connectivity index (χ4v) is 2.15. The fraction of sp³-hybridized carbons (Fsp3) is 0.533. The number of ether oxygens (including phenoxy) is 1. The molecule has 0 bridgehead atoms. The van der Waals surface area contributed by atoms with Crippen LogP contribution in [0.15, 0.2) is 24.3 Å². The maximum atomic E-state index is 12.3. The van der Waals surface area contributed by atoms with E-state index in [2.05, 4.69) is 18.7 Å². The zero-order valence-corrected chi connectivity index (χ0v) is 11.3. The lowest BCUT2D eigenvalue weighted by atomic mass is 9.98. The Bertz CT molecular complexity index is 411. The number of nitrogens with zero attached hydrogens (tertiary/aromatic N) is 1. The average molecular weight is 247 g/mol. The summed E-state index contributed by atoms with van der Waals surface area (Å²) in [5.41, 5.74) is 2.01. The van der Waals surface area contributed by atoms with Crippen LogP contribution in [0, 0.1) is 0 Å². The summed E-state index contributed by atoms with van der Waals surface area (Å²) < 4.78 is 5.55. The lowest BCUT2D eigenvalue weighted by Gasteiger charge is -2.29. The Kier molecular flexibility index (Phi) is 4.15. The third-order valence-corrected chi connectivity index (χ3v) is 3.42. The van der Waals surface area contributed by atoms with Gasteiger partial charge in [0.1, 0.15) is 6.10 Å². The molecule has 0 aliphatic carbocycles. The van der Waals surface area contributed by atoms with Crippen molar-refractivity contribution in [3.8, 4) is 0 Å². The van der Waals surface area contributed by atoms with E-state index in [0.717, 1.165) is 12.1 Å². The van der Waals surface area contributed by atoms with Gasteiger partial charge in [-0.3, -0.25) is 4.79 Å². The average Bonchev–Trinajstić information content (AvgIpc) is 2.38. The number of carbonyl (C=O) groups excluding carboxylic acids is 1. The Morgan fingerprint density at radius 3 is 2.56 bits per heavy atom. The summed E-state index contributed by atoms with van der Waals surface area (Å²) in [6, 6.07) is 7.89. The number of rotatable bonds is 3. The topological polar surface area (TPSA) is 29.5 Å². The number of hydrogen-bond acceptors (Lipinski definition) is 3. The summed E-state index contributed by atoms with van der Waals surface area (Å²) >= 11 is 0. The quantitative estimate of drug-likeness (QED) is 0.768. The molecule has 1 heterocycles. The van der Waals surface area contributed by atoms with Crippen molar-refractivity contribution in [1.29, 1.82) is 0 Å². The van der Waals surface area contributed by atoms with Crippen LogP contribution in [0.2, 0.25) is 0 Å². The molecule has 18 heavy (non-hydrogen) atoms. The van der Waals surface area contributed by atoms with Crippen molar-refractivity contribution < 1.29 is 9.53 Å². The highest BCUT2D eigenvalue weighted by Crippen LogP contribution is 2.17. The first-order chi connectivity index (χ1) is 8.58. The summed E-state index contributed by atoms with van der Waals surface area (Å²) in [5.74, 6) is 0.586. The van der Waals surface area contributed by atoms with E-state index in [1.54, 1.807) is 0 Å². The number of ketones is 1. The maximum Gasteiger partial charge on any atom is 0.192 e. The summed E-state index contributed by atoms with van der Waals surface area (Å²) in [5, 5.41) is 0. The second kappa shape index (κ2) is 5.63.